The molecule has 0 aliphatic carbocycles. The molecule has 0 saturated carbocycles. The van der Waals surface area contributed by atoms with E-state index in [0.717, 1.165) is 32.5 Å². The van der Waals surface area contributed by atoms with Crippen molar-refractivity contribution in [2.75, 3.05) is 19.6 Å². The molecule has 0 amide bonds. The van der Waals surface area contributed by atoms with E-state index in [1.165, 1.54) is 0 Å². The van der Waals surface area contributed by atoms with Gasteiger partial charge in [0.2, 0.25) is 0 Å². The van der Waals surface area contributed by atoms with Crippen LogP contribution in [0.15, 0.2) is 0 Å². The molecule has 13 heavy (non-hydrogen) atoms. The van der Waals surface area contributed by atoms with Gasteiger partial charge >= 0.3 is 0 Å². The molecule has 3 nitrogen and oxygen atoms in total. The van der Waals surface area contributed by atoms with Crippen molar-refractivity contribution in [3.05, 3.63) is 0 Å². The summed E-state index contributed by atoms with van der Waals surface area (Å²) in [6, 6.07) is 0.271. The second-order valence-electron chi connectivity index (χ2n) is 4.15. The highest BCUT2D eigenvalue weighted by Gasteiger charge is 2.33. The lowest BCUT2D eigenvalue weighted by Crippen LogP contribution is -2.40. The molecule has 0 spiro atoms. The van der Waals surface area contributed by atoms with Crippen LogP contribution in [-0.2, 0) is 0 Å². The summed E-state index contributed by atoms with van der Waals surface area (Å²) in [4.78, 5) is 0. The van der Waals surface area contributed by atoms with Gasteiger partial charge in [0.1, 0.15) is 0 Å². The highest BCUT2D eigenvalue weighted by atomic mass is 32.1. The Balaban J connectivity index is 1.85. The van der Waals surface area contributed by atoms with Crippen LogP contribution in [0, 0.1) is 5.92 Å². The second kappa shape index (κ2) is 4.17. The van der Waals surface area contributed by atoms with Crippen LogP contribution < -0.4 is 10.6 Å². The van der Waals surface area contributed by atoms with E-state index in [4.69, 9.17) is 0 Å². The molecule has 76 valence electrons. The van der Waals surface area contributed by atoms with Crippen LogP contribution in [0.3, 0.4) is 0 Å². The first kappa shape index (κ1) is 9.77. The zero-order valence-electron chi connectivity index (χ0n) is 7.74. The number of thiol groups is 1. The Morgan fingerprint density at radius 1 is 1.38 bits per heavy atom. The maximum atomic E-state index is 10.0. The summed E-state index contributed by atoms with van der Waals surface area (Å²) >= 11 is 4.40. The molecule has 0 aromatic carbocycles. The van der Waals surface area contributed by atoms with E-state index in [9.17, 15) is 5.11 Å². The summed E-state index contributed by atoms with van der Waals surface area (Å²) in [6.07, 6.45) is 1.92. The summed E-state index contributed by atoms with van der Waals surface area (Å²) in [6.45, 7) is 2.96. The predicted octanol–water partition coefficient (Wildman–Crippen LogP) is -0.383. The molecule has 0 radical (unpaired) electrons. The van der Waals surface area contributed by atoms with Gasteiger partial charge in [-0.1, -0.05) is 0 Å². The minimum absolute atomic E-state index is 0.188. The van der Waals surface area contributed by atoms with Crippen LogP contribution in [0.5, 0.6) is 0 Å². The van der Waals surface area contributed by atoms with Gasteiger partial charge < -0.3 is 15.7 Å². The first-order chi connectivity index (χ1) is 6.27. The minimum atomic E-state index is -0.188. The van der Waals surface area contributed by atoms with Crippen LogP contribution >= 0.6 is 12.6 Å². The van der Waals surface area contributed by atoms with Gasteiger partial charge in [-0.3, -0.25) is 0 Å². The lowest BCUT2D eigenvalue weighted by molar-refractivity contribution is 0.0834. The first-order valence-electron chi connectivity index (χ1n) is 5.07. The van der Waals surface area contributed by atoms with Gasteiger partial charge in [0, 0.05) is 30.3 Å². The third-order valence-electron chi connectivity index (χ3n) is 3.14. The Hall–Kier alpha value is 0.230. The fourth-order valence-corrected chi connectivity index (χ4v) is 2.64. The molecule has 4 atom stereocenters. The van der Waals surface area contributed by atoms with Crippen molar-refractivity contribution in [1.82, 2.24) is 10.6 Å². The van der Waals surface area contributed by atoms with Crippen molar-refractivity contribution in [3.63, 3.8) is 0 Å². The van der Waals surface area contributed by atoms with Crippen molar-refractivity contribution in [2.24, 2.45) is 5.92 Å². The van der Waals surface area contributed by atoms with E-state index in [2.05, 4.69) is 23.3 Å². The van der Waals surface area contributed by atoms with E-state index >= 15 is 0 Å². The van der Waals surface area contributed by atoms with E-state index in [-0.39, 0.29) is 12.1 Å². The summed E-state index contributed by atoms with van der Waals surface area (Å²) in [5, 5.41) is 17.1. The molecule has 2 aliphatic rings. The van der Waals surface area contributed by atoms with Crippen molar-refractivity contribution in [2.45, 2.75) is 30.2 Å². The van der Waals surface area contributed by atoms with Gasteiger partial charge in [-0.05, 0) is 19.4 Å². The number of nitrogens with one attached hydrogen (secondary N) is 2. The van der Waals surface area contributed by atoms with Gasteiger partial charge in [-0.15, -0.1) is 0 Å². The number of hydrogen-bond donors (Lipinski definition) is 4. The van der Waals surface area contributed by atoms with Crippen molar-refractivity contribution in [1.29, 1.82) is 0 Å². The van der Waals surface area contributed by atoms with E-state index in [1.54, 1.807) is 0 Å². The maximum Gasteiger partial charge on any atom is 0.0734 e. The standard InChI is InChI=1S/C9H18N2OS/c12-9(6-1-2-10-4-6)8-3-7(13)5-11-8/h6-13H,1-5H2/t6?,7-,8-,9+/m0/s1. The van der Waals surface area contributed by atoms with E-state index in [0.29, 0.717) is 11.2 Å². The quantitative estimate of drug-likeness (QED) is 0.462. The molecule has 2 fully saturated rings. The fourth-order valence-electron chi connectivity index (χ4n) is 2.30. The van der Waals surface area contributed by atoms with E-state index < -0.39 is 0 Å². The minimum Gasteiger partial charge on any atom is -0.391 e. The molecule has 2 aliphatic heterocycles. The van der Waals surface area contributed by atoms with Gasteiger partial charge in [0.25, 0.3) is 0 Å². The molecular weight excluding hydrogens is 184 g/mol. The van der Waals surface area contributed by atoms with Crippen LogP contribution in [-0.4, -0.2) is 42.1 Å². The molecule has 2 rings (SSSR count). The Labute approximate surface area is 84.7 Å². The smallest absolute Gasteiger partial charge is 0.0734 e. The van der Waals surface area contributed by atoms with Gasteiger partial charge in [-0.2, -0.15) is 12.6 Å². The summed E-state index contributed by atoms with van der Waals surface area (Å²) < 4.78 is 0. The second-order valence-corrected chi connectivity index (χ2v) is 4.88. The molecule has 2 saturated heterocycles. The highest BCUT2D eigenvalue weighted by molar-refractivity contribution is 7.81. The van der Waals surface area contributed by atoms with Gasteiger partial charge in [-0.25, -0.2) is 0 Å². The Kier molecular flexibility index (Phi) is 3.14. The van der Waals surface area contributed by atoms with Crippen LogP contribution in [0.4, 0.5) is 0 Å². The molecule has 1 unspecified atom stereocenters. The lowest BCUT2D eigenvalue weighted by Gasteiger charge is -2.23. The average Bonchev–Trinajstić information content (AvgIpc) is 2.72. The largest absolute Gasteiger partial charge is 0.391 e. The monoisotopic (exact) mass is 202 g/mol. The first-order valence-corrected chi connectivity index (χ1v) is 5.59. The third-order valence-corrected chi connectivity index (χ3v) is 3.53. The molecule has 2 heterocycles. The molecule has 0 aromatic rings. The summed E-state index contributed by atoms with van der Waals surface area (Å²) in [5.74, 6) is 0.441. The normalized spacial score (nSPS) is 42.5. The Morgan fingerprint density at radius 3 is 2.77 bits per heavy atom. The average molecular weight is 202 g/mol. The van der Waals surface area contributed by atoms with Crippen LogP contribution in [0.1, 0.15) is 12.8 Å². The van der Waals surface area contributed by atoms with Gasteiger partial charge in [0.15, 0.2) is 0 Å². The molecule has 4 heteroatoms. The lowest BCUT2D eigenvalue weighted by atomic mass is 9.94. The number of aliphatic hydroxyl groups excluding tert-OH is 1. The summed E-state index contributed by atoms with van der Waals surface area (Å²) in [5.41, 5.74) is 0. The van der Waals surface area contributed by atoms with Crippen LogP contribution in [0.2, 0.25) is 0 Å². The molecule has 3 N–H and O–H groups in total. The van der Waals surface area contributed by atoms with Gasteiger partial charge in [0.05, 0.1) is 6.10 Å². The third kappa shape index (κ3) is 2.18. The van der Waals surface area contributed by atoms with Crippen molar-refractivity contribution in [3.8, 4) is 0 Å². The SMILES string of the molecule is O[C@H](C1CCNC1)[C@@H]1C[C@H](S)CN1. The molecular formula is C9H18N2OS. The fraction of sp³-hybridized carbons (Fsp3) is 1.00. The molecule has 0 aromatic heterocycles. The predicted molar refractivity (Wildman–Crippen MR) is 56.2 cm³/mol. The van der Waals surface area contributed by atoms with Crippen LogP contribution in [0.25, 0.3) is 0 Å². The molecule has 0 bridgehead atoms. The Morgan fingerprint density at radius 2 is 2.23 bits per heavy atom. The van der Waals surface area contributed by atoms with Crippen molar-refractivity contribution >= 4 is 12.6 Å². The topological polar surface area (TPSA) is 44.3 Å². The van der Waals surface area contributed by atoms with E-state index in [1.807, 2.05) is 0 Å². The Bertz CT molecular complexity index is 173. The number of rotatable bonds is 2. The number of aliphatic hydroxyl groups is 1. The van der Waals surface area contributed by atoms with Crippen molar-refractivity contribution < 1.29 is 5.11 Å². The highest BCUT2D eigenvalue weighted by Crippen LogP contribution is 2.22. The maximum absolute atomic E-state index is 10.0. The zero-order valence-corrected chi connectivity index (χ0v) is 8.63. The summed E-state index contributed by atoms with van der Waals surface area (Å²) in [7, 11) is 0. The zero-order chi connectivity index (χ0) is 9.26. The number of hydrogen-bond acceptors (Lipinski definition) is 4.